The van der Waals surface area contributed by atoms with Crippen LogP contribution in [0.3, 0.4) is 0 Å². The Kier molecular flexibility index (Phi) is 5.42. The molecule has 1 saturated heterocycles. The fraction of sp³-hybridized carbons (Fsp3) is 0.556. The smallest absolute Gasteiger partial charge is 0.307 e. The molecule has 2 rings (SSSR count). The molecule has 0 bridgehead atoms. The number of hydrogen-bond acceptors (Lipinski definition) is 3. The molecule has 1 aliphatic rings. The summed E-state index contributed by atoms with van der Waals surface area (Å²) < 4.78 is 2.07. The second kappa shape index (κ2) is 7.13. The molecule has 1 fully saturated rings. The van der Waals surface area contributed by atoms with Crippen LogP contribution in [0.5, 0.6) is 0 Å². The van der Waals surface area contributed by atoms with E-state index in [0.29, 0.717) is 25.4 Å². The minimum atomic E-state index is -0.766. The van der Waals surface area contributed by atoms with E-state index in [0.717, 1.165) is 23.5 Å². The Bertz CT molecular complexity index is 618. The zero-order valence-electron chi connectivity index (χ0n) is 14.2. The number of ketones is 1. The van der Waals surface area contributed by atoms with Gasteiger partial charge in [0.2, 0.25) is 0 Å². The molecule has 0 amide bonds. The summed E-state index contributed by atoms with van der Waals surface area (Å²) in [5, 5.41) is 9.24. The van der Waals surface area contributed by atoms with Crippen molar-refractivity contribution in [1.29, 1.82) is 0 Å². The number of Topliss-reactive ketones (excluding diaryl/α,β-unsaturated/α-hetero) is 1. The van der Waals surface area contributed by atoms with Gasteiger partial charge in [-0.2, -0.15) is 0 Å². The lowest BCUT2D eigenvalue weighted by Gasteiger charge is -2.34. The Balaban J connectivity index is 2.11. The monoisotopic (exact) mass is 318 g/mol. The number of carbonyl (C=O) groups excluding carboxylic acids is 1. The molecule has 2 atom stereocenters. The van der Waals surface area contributed by atoms with Crippen LogP contribution in [0.1, 0.15) is 35.1 Å². The molecule has 2 unspecified atom stereocenters. The van der Waals surface area contributed by atoms with Crippen LogP contribution < -0.4 is 0 Å². The number of aryl methyl sites for hydroxylation is 1. The van der Waals surface area contributed by atoms with Gasteiger partial charge in [0.05, 0.1) is 12.5 Å². The van der Waals surface area contributed by atoms with Gasteiger partial charge in [-0.25, -0.2) is 0 Å². The minimum Gasteiger partial charge on any atom is -0.481 e. The number of rotatable bonds is 6. The summed E-state index contributed by atoms with van der Waals surface area (Å²) in [6.45, 7) is 11.9. The summed E-state index contributed by atoms with van der Waals surface area (Å²) >= 11 is 0. The average Bonchev–Trinajstić information content (AvgIpc) is 2.75. The Hall–Kier alpha value is -1.88. The topological polar surface area (TPSA) is 62.5 Å². The molecular formula is C18H26N2O3. The zero-order valence-corrected chi connectivity index (χ0v) is 14.2. The first-order chi connectivity index (χ1) is 10.8. The lowest BCUT2D eigenvalue weighted by atomic mass is 9.90. The van der Waals surface area contributed by atoms with Crippen molar-refractivity contribution in [3.8, 4) is 0 Å². The Morgan fingerprint density at radius 1 is 1.39 bits per heavy atom. The summed E-state index contributed by atoms with van der Waals surface area (Å²) in [7, 11) is 0. The largest absolute Gasteiger partial charge is 0.481 e. The van der Waals surface area contributed by atoms with Crippen molar-refractivity contribution in [3.05, 3.63) is 35.7 Å². The van der Waals surface area contributed by atoms with Gasteiger partial charge in [0.25, 0.3) is 0 Å². The first-order valence-corrected chi connectivity index (χ1v) is 8.09. The fourth-order valence-electron chi connectivity index (χ4n) is 3.55. The van der Waals surface area contributed by atoms with Crippen LogP contribution in [-0.2, 0) is 11.3 Å². The molecule has 0 radical (unpaired) electrons. The molecule has 126 valence electrons. The predicted octanol–water partition coefficient (Wildman–Crippen LogP) is 2.52. The number of nitrogens with zero attached hydrogens (tertiary/aromatic N) is 2. The zero-order chi connectivity index (χ0) is 17.1. The molecule has 1 N–H and O–H groups in total. The van der Waals surface area contributed by atoms with Crippen molar-refractivity contribution in [2.45, 2.75) is 33.7 Å². The van der Waals surface area contributed by atoms with Gasteiger partial charge in [-0.05, 0) is 32.3 Å². The number of aliphatic carboxylic acids is 1. The quantitative estimate of drug-likeness (QED) is 0.647. The van der Waals surface area contributed by atoms with E-state index in [1.165, 1.54) is 0 Å². The van der Waals surface area contributed by atoms with E-state index < -0.39 is 5.97 Å². The van der Waals surface area contributed by atoms with Crippen LogP contribution in [0, 0.1) is 25.7 Å². The molecule has 0 aromatic carbocycles. The molecule has 0 saturated carbocycles. The van der Waals surface area contributed by atoms with Gasteiger partial charge in [-0.15, -0.1) is 6.58 Å². The predicted molar refractivity (Wildman–Crippen MR) is 89.8 cm³/mol. The molecule has 1 aliphatic heterocycles. The van der Waals surface area contributed by atoms with Gasteiger partial charge in [0, 0.05) is 36.6 Å². The van der Waals surface area contributed by atoms with Crippen LogP contribution in [0.2, 0.25) is 0 Å². The summed E-state index contributed by atoms with van der Waals surface area (Å²) in [6, 6.07) is 1.92. The Morgan fingerprint density at radius 3 is 2.70 bits per heavy atom. The van der Waals surface area contributed by atoms with Gasteiger partial charge in [0.15, 0.2) is 5.78 Å². The van der Waals surface area contributed by atoms with Crippen molar-refractivity contribution in [3.63, 3.8) is 0 Å². The standard InChI is InChI=1S/C18H26N2O3/c1-5-6-20-13(3)8-16(14(20)4)17(21)11-19-9-12(2)7-15(10-19)18(22)23/h5,8,12,15H,1,6-7,9-11H2,2-4H3,(H,22,23). The highest BCUT2D eigenvalue weighted by Crippen LogP contribution is 2.23. The third-order valence-corrected chi connectivity index (χ3v) is 4.64. The van der Waals surface area contributed by atoms with Crippen molar-refractivity contribution in [2.75, 3.05) is 19.6 Å². The van der Waals surface area contributed by atoms with Gasteiger partial charge in [-0.1, -0.05) is 13.0 Å². The van der Waals surface area contributed by atoms with Crippen molar-refractivity contribution < 1.29 is 14.7 Å². The van der Waals surface area contributed by atoms with Crippen LogP contribution in [0.4, 0.5) is 0 Å². The molecule has 0 aliphatic carbocycles. The van der Waals surface area contributed by atoms with Crippen molar-refractivity contribution in [1.82, 2.24) is 9.47 Å². The first-order valence-electron chi connectivity index (χ1n) is 8.09. The molecule has 0 spiro atoms. The molecule has 1 aromatic rings. The summed E-state index contributed by atoms with van der Waals surface area (Å²) in [5.41, 5.74) is 2.72. The average molecular weight is 318 g/mol. The Labute approximate surface area is 137 Å². The van der Waals surface area contributed by atoms with Crippen LogP contribution in [-0.4, -0.2) is 46.0 Å². The highest BCUT2D eigenvalue weighted by molar-refractivity contribution is 5.99. The van der Waals surface area contributed by atoms with E-state index >= 15 is 0 Å². The van der Waals surface area contributed by atoms with Crippen molar-refractivity contribution >= 4 is 11.8 Å². The van der Waals surface area contributed by atoms with Crippen LogP contribution >= 0.6 is 0 Å². The van der Waals surface area contributed by atoms with E-state index in [9.17, 15) is 14.7 Å². The summed E-state index contributed by atoms with van der Waals surface area (Å²) in [4.78, 5) is 25.9. The SMILES string of the molecule is C=CCn1c(C)cc(C(=O)CN2CC(C)CC(C(=O)O)C2)c1C. The lowest BCUT2D eigenvalue weighted by molar-refractivity contribution is -0.144. The highest BCUT2D eigenvalue weighted by atomic mass is 16.4. The maximum Gasteiger partial charge on any atom is 0.307 e. The lowest BCUT2D eigenvalue weighted by Crippen LogP contribution is -2.44. The third kappa shape index (κ3) is 3.91. The molecule has 2 heterocycles. The summed E-state index contributed by atoms with van der Waals surface area (Å²) in [5.74, 6) is -0.782. The van der Waals surface area contributed by atoms with E-state index in [-0.39, 0.29) is 18.2 Å². The maximum atomic E-state index is 12.7. The van der Waals surface area contributed by atoms with Gasteiger partial charge >= 0.3 is 5.97 Å². The van der Waals surface area contributed by atoms with E-state index in [1.54, 1.807) is 0 Å². The minimum absolute atomic E-state index is 0.0617. The second-order valence-corrected chi connectivity index (χ2v) is 6.68. The van der Waals surface area contributed by atoms with E-state index in [2.05, 4.69) is 11.1 Å². The third-order valence-electron chi connectivity index (χ3n) is 4.64. The second-order valence-electron chi connectivity index (χ2n) is 6.68. The van der Waals surface area contributed by atoms with Gasteiger partial charge in [0.1, 0.15) is 0 Å². The highest BCUT2D eigenvalue weighted by Gasteiger charge is 2.30. The fourth-order valence-corrected chi connectivity index (χ4v) is 3.55. The normalized spacial score (nSPS) is 22.0. The molecule has 5 heteroatoms. The number of hydrogen-bond donors (Lipinski definition) is 1. The van der Waals surface area contributed by atoms with E-state index in [4.69, 9.17) is 0 Å². The maximum absolute atomic E-state index is 12.7. The first kappa shape index (κ1) is 17.5. The molecular weight excluding hydrogens is 292 g/mol. The number of carboxylic acid groups (broad SMARTS) is 1. The summed E-state index contributed by atoms with van der Waals surface area (Å²) in [6.07, 6.45) is 2.51. The van der Waals surface area contributed by atoms with Crippen LogP contribution in [0.25, 0.3) is 0 Å². The number of carboxylic acids is 1. The van der Waals surface area contributed by atoms with Gasteiger partial charge in [-0.3, -0.25) is 14.5 Å². The van der Waals surface area contributed by atoms with E-state index in [1.807, 2.05) is 37.8 Å². The Morgan fingerprint density at radius 2 is 2.09 bits per heavy atom. The van der Waals surface area contributed by atoms with Gasteiger partial charge < -0.3 is 9.67 Å². The number of piperidine rings is 1. The molecule has 1 aromatic heterocycles. The number of likely N-dealkylation sites (tertiary alicyclic amines) is 1. The van der Waals surface area contributed by atoms with Crippen molar-refractivity contribution in [2.24, 2.45) is 11.8 Å². The number of allylic oxidation sites excluding steroid dienone is 1. The van der Waals surface area contributed by atoms with Crippen LogP contribution in [0.15, 0.2) is 18.7 Å². The number of carbonyl (C=O) groups is 2. The molecule has 5 nitrogen and oxygen atoms in total. The number of aromatic nitrogens is 1. The molecule has 23 heavy (non-hydrogen) atoms.